The Morgan fingerprint density at radius 2 is 1.76 bits per heavy atom. The SMILES string of the molecule is C/C(=N/NC(=O)Cc1csc(C)n1)c1ccc(-c2ccccc2)cc1. The van der Waals surface area contributed by atoms with Crippen molar-refractivity contribution >= 4 is 23.0 Å². The number of thiazole rings is 1. The van der Waals surface area contributed by atoms with Gasteiger partial charge in [0, 0.05) is 5.38 Å². The summed E-state index contributed by atoms with van der Waals surface area (Å²) in [6, 6.07) is 18.4. The molecule has 0 fully saturated rings. The average molecular weight is 349 g/mol. The minimum absolute atomic E-state index is 0.162. The van der Waals surface area contributed by atoms with Gasteiger partial charge in [0.25, 0.3) is 0 Å². The molecule has 5 heteroatoms. The summed E-state index contributed by atoms with van der Waals surface area (Å²) in [6.45, 7) is 3.80. The third-order valence-corrected chi connectivity index (χ3v) is 4.59. The molecule has 3 aromatic rings. The van der Waals surface area contributed by atoms with E-state index in [2.05, 4.69) is 39.8 Å². The van der Waals surface area contributed by atoms with E-state index in [-0.39, 0.29) is 12.3 Å². The first-order valence-corrected chi connectivity index (χ1v) is 8.90. The molecule has 1 aromatic heterocycles. The van der Waals surface area contributed by atoms with Crippen molar-refractivity contribution < 1.29 is 4.79 Å². The van der Waals surface area contributed by atoms with Crippen molar-refractivity contribution in [2.45, 2.75) is 20.3 Å². The normalized spacial score (nSPS) is 11.4. The molecule has 1 heterocycles. The molecule has 25 heavy (non-hydrogen) atoms. The number of carbonyl (C=O) groups is 1. The maximum absolute atomic E-state index is 11.9. The lowest BCUT2D eigenvalue weighted by molar-refractivity contribution is -0.120. The summed E-state index contributed by atoms with van der Waals surface area (Å²) in [6.07, 6.45) is 0.244. The molecule has 0 bridgehead atoms. The maximum atomic E-state index is 11.9. The zero-order chi connectivity index (χ0) is 17.6. The highest BCUT2D eigenvalue weighted by Gasteiger charge is 2.06. The number of hydrazone groups is 1. The molecule has 126 valence electrons. The molecule has 0 radical (unpaired) electrons. The minimum Gasteiger partial charge on any atom is -0.273 e. The standard InChI is InChI=1S/C20H19N3OS/c1-14(22-23-20(24)12-19-13-25-15(2)21-19)16-8-10-18(11-9-16)17-6-4-3-5-7-17/h3-11,13H,12H2,1-2H3,(H,23,24)/b22-14-. The van der Waals surface area contributed by atoms with Gasteiger partial charge in [-0.2, -0.15) is 5.10 Å². The molecule has 1 amide bonds. The molecule has 0 unspecified atom stereocenters. The van der Waals surface area contributed by atoms with E-state index in [1.165, 1.54) is 5.56 Å². The quantitative estimate of drug-likeness (QED) is 0.554. The van der Waals surface area contributed by atoms with Gasteiger partial charge in [-0.3, -0.25) is 4.79 Å². The van der Waals surface area contributed by atoms with E-state index >= 15 is 0 Å². The van der Waals surface area contributed by atoms with Gasteiger partial charge in [-0.1, -0.05) is 54.6 Å². The van der Waals surface area contributed by atoms with Crippen molar-refractivity contribution in [1.29, 1.82) is 0 Å². The number of amides is 1. The summed E-state index contributed by atoms with van der Waals surface area (Å²) in [4.78, 5) is 16.2. The first-order chi connectivity index (χ1) is 12.1. The highest BCUT2D eigenvalue weighted by atomic mass is 32.1. The molecule has 0 aliphatic rings. The molecule has 0 atom stereocenters. The summed E-state index contributed by atoms with van der Waals surface area (Å²) >= 11 is 1.54. The highest BCUT2D eigenvalue weighted by molar-refractivity contribution is 7.09. The Morgan fingerprint density at radius 1 is 1.08 bits per heavy atom. The van der Waals surface area contributed by atoms with E-state index in [1.807, 2.05) is 49.6 Å². The van der Waals surface area contributed by atoms with Crippen molar-refractivity contribution in [3.63, 3.8) is 0 Å². The van der Waals surface area contributed by atoms with Crippen LogP contribution in [0, 0.1) is 6.92 Å². The van der Waals surface area contributed by atoms with Crippen LogP contribution in [0.1, 0.15) is 23.2 Å². The van der Waals surface area contributed by atoms with Gasteiger partial charge >= 0.3 is 0 Å². The number of aryl methyl sites for hydroxylation is 1. The van der Waals surface area contributed by atoms with Crippen LogP contribution >= 0.6 is 11.3 Å². The second kappa shape index (κ2) is 7.85. The summed E-state index contributed by atoms with van der Waals surface area (Å²) in [5, 5.41) is 7.05. The molecule has 4 nitrogen and oxygen atoms in total. The van der Waals surface area contributed by atoms with Gasteiger partial charge in [0.15, 0.2) is 0 Å². The molecule has 0 aliphatic heterocycles. The number of nitrogens with one attached hydrogen (secondary N) is 1. The van der Waals surface area contributed by atoms with Gasteiger partial charge in [-0.05, 0) is 30.5 Å². The molecule has 0 spiro atoms. The third kappa shape index (κ3) is 4.61. The molecular weight excluding hydrogens is 330 g/mol. The van der Waals surface area contributed by atoms with Gasteiger partial charge in [-0.25, -0.2) is 10.4 Å². The van der Waals surface area contributed by atoms with Crippen LogP contribution in [0.5, 0.6) is 0 Å². The number of aromatic nitrogens is 1. The fraction of sp³-hybridized carbons (Fsp3) is 0.150. The molecule has 0 aliphatic carbocycles. The van der Waals surface area contributed by atoms with Crippen LogP contribution in [0.15, 0.2) is 65.1 Å². The summed E-state index contributed by atoms with van der Waals surface area (Å²) < 4.78 is 0. The van der Waals surface area contributed by atoms with Crippen LogP contribution in [0.3, 0.4) is 0 Å². The Balaban J connectivity index is 1.63. The minimum atomic E-state index is -0.162. The zero-order valence-electron chi connectivity index (χ0n) is 14.2. The summed E-state index contributed by atoms with van der Waals surface area (Å²) in [5.41, 5.74) is 7.45. The summed E-state index contributed by atoms with van der Waals surface area (Å²) in [7, 11) is 0. The fourth-order valence-corrected chi connectivity index (χ4v) is 3.05. The molecule has 1 N–H and O–H groups in total. The second-order valence-electron chi connectivity index (χ2n) is 5.71. The lowest BCUT2D eigenvalue weighted by Crippen LogP contribution is -2.21. The average Bonchev–Trinajstić information content (AvgIpc) is 3.05. The lowest BCUT2D eigenvalue weighted by Gasteiger charge is -2.05. The van der Waals surface area contributed by atoms with Crippen LogP contribution in [-0.2, 0) is 11.2 Å². The number of hydrogen-bond acceptors (Lipinski definition) is 4. The molecule has 0 saturated carbocycles. The first-order valence-electron chi connectivity index (χ1n) is 8.02. The second-order valence-corrected chi connectivity index (χ2v) is 6.77. The third-order valence-electron chi connectivity index (χ3n) is 3.77. The fourth-order valence-electron chi connectivity index (χ4n) is 2.44. The van der Waals surface area contributed by atoms with Gasteiger partial charge in [0.2, 0.25) is 5.91 Å². The van der Waals surface area contributed by atoms with E-state index in [9.17, 15) is 4.79 Å². The van der Waals surface area contributed by atoms with Gasteiger partial charge < -0.3 is 0 Å². The molecule has 0 saturated heterocycles. The van der Waals surface area contributed by atoms with Crippen molar-refractivity contribution in [3.05, 3.63) is 76.2 Å². The number of carbonyl (C=O) groups excluding carboxylic acids is 1. The van der Waals surface area contributed by atoms with Crippen molar-refractivity contribution in [3.8, 4) is 11.1 Å². The van der Waals surface area contributed by atoms with E-state index in [0.717, 1.165) is 27.5 Å². The summed E-state index contributed by atoms with van der Waals surface area (Å²) in [5.74, 6) is -0.162. The van der Waals surface area contributed by atoms with Crippen molar-refractivity contribution in [1.82, 2.24) is 10.4 Å². The Kier molecular flexibility index (Phi) is 5.36. The molecule has 3 rings (SSSR count). The predicted molar refractivity (Wildman–Crippen MR) is 103 cm³/mol. The van der Waals surface area contributed by atoms with Crippen LogP contribution in [-0.4, -0.2) is 16.6 Å². The number of benzene rings is 2. The monoisotopic (exact) mass is 349 g/mol. The van der Waals surface area contributed by atoms with E-state index < -0.39 is 0 Å². The Labute approximate surface area is 151 Å². The van der Waals surface area contributed by atoms with Crippen LogP contribution in [0.25, 0.3) is 11.1 Å². The van der Waals surface area contributed by atoms with Crippen molar-refractivity contribution in [2.75, 3.05) is 0 Å². The smallest absolute Gasteiger partial charge is 0.246 e. The van der Waals surface area contributed by atoms with E-state index in [1.54, 1.807) is 11.3 Å². The van der Waals surface area contributed by atoms with Gasteiger partial charge in [0.1, 0.15) is 0 Å². The van der Waals surface area contributed by atoms with Crippen molar-refractivity contribution in [2.24, 2.45) is 5.10 Å². The van der Waals surface area contributed by atoms with Gasteiger partial charge in [-0.15, -0.1) is 11.3 Å². The Morgan fingerprint density at radius 3 is 2.40 bits per heavy atom. The highest BCUT2D eigenvalue weighted by Crippen LogP contribution is 2.19. The van der Waals surface area contributed by atoms with Crippen LogP contribution < -0.4 is 5.43 Å². The molecular formula is C20H19N3OS. The topological polar surface area (TPSA) is 54.4 Å². The lowest BCUT2D eigenvalue weighted by atomic mass is 10.0. The number of nitrogens with zero attached hydrogens (tertiary/aromatic N) is 2. The Bertz CT molecular complexity index is 883. The Hall–Kier alpha value is -2.79. The van der Waals surface area contributed by atoms with Crippen LogP contribution in [0.4, 0.5) is 0 Å². The largest absolute Gasteiger partial charge is 0.273 e. The van der Waals surface area contributed by atoms with E-state index in [0.29, 0.717) is 0 Å². The van der Waals surface area contributed by atoms with Crippen LogP contribution in [0.2, 0.25) is 0 Å². The van der Waals surface area contributed by atoms with Gasteiger partial charge in [0.05, 0.1) is 22.8 Å². The first kappa shape index (κ1) is 17.0. The van der Waals surface area contributed by atoms with E-state index in [4.69, 9.17) is 0 Å². The number of rotatable bonds is 5. The molecule has 2 aromatic carbocycles. The zero-order valence-corrected chi connectivity index (χ0v) is 15.0. The maximum Gasteiger partial charge on any atom is 0.246 e. The predicted octanol–water partition coefficient (Wildman–Crippen LogP) is 4.20. The number of hydrogen-bond donors (Lipinski definition) is 1.